The van der Waals surface area contributed by atoms with Crippen molar-refractivity contribution in [3.63, 3.8) is 0 Å². The largest absolute Gasteiger partial charge is 0.358 e. The number of nitrogens with zero attached hydrogens (tertiary/aromatic N) is 4. The van der Waals surface area contributed by atoms with E-state index in [9.17, 15) is 4.79 Å². The summed E-state index contributed by atoms with van der Waals surface area (Å²) in [6, 6.07) is 6.37. The topological polar surface area (TPSA) is 78.3 Å². The van der Waals surface area contributed by atoms with E-state index in [-0.39, 0.29) is 11.9 Å². The Balaban J connectivity index is 1.35. The number of aromatic nitrogens is 3. The smallest absolute Gasteiger partial charge is 0.320 e. The number of hydrogen-bond donors (Lipinski definition) is 1. The summed E-state index contributed by atoms with van der Waals surface area (Å²) in [6.45, 7) is 7.44. The molecule has 2 aliphatic heterocycles. The van der Waals surface area contributed by atoms with Crippen molar-refractivity contribution in [3.05, 3.63) is 35.3 Å². The number of urea groups is 1. The van der Waals surface area contributed by atoms with Gasteiger partial charge in [-0.1, -0.05) is 5.16 Å². The summed E-state index contributed by atoms with van der Waals surface area (Å²) in [5.74, 6) is 1.36. The average molecular weight is 393 g/mol. The first-order chi connectivity index (χ1) is 14.1. The summed E-state index contributed by atoms with van der Waals surface area (Å²) in [4.78, 5) is 24.8. The van der Waals surface area contributed by atoms with Crippen molar-refractivity contribution < 1.29 is 9.32 Å². The number of fused-ring (bicyclic) bond motifs is 1. The minimum absolute atomic E-state index is 0.108. The summed E-state index contributed by atoms with van der Waals surface area (Å²) in [6.07, 6.45) is 4.16. The Bertz CT molecular complexity index is 1050. The Kier molecular flexibility index (Phi) is 4.53. The lowest BCUT2D eigenvalue weighted by Gasteiger charge is -2.33. The van der Waals surface area contributed by atoms with Gasteiger partial charge >= 0.3 is 6.03 Å². The molecular formula is C22H27N5O2. The molecule has 7 heteroatoms. The van der Waals surface area contributed by atoms with Gasteiger partial charge in [0.05, 0.1) is 5.92 Å². The van der Waals surface area contributed by atoms with Gasteiger partial charge in [0.2, 0.25) is 11.7 Å². The molecule has 1 atom stereocenters. The maximum Gasteiger partial charge on any atom is 0.320 e. The molecule has 2 fully saturated rings. The van der Waals surface area contributed by atoms with Crippen molar-refractivity contribution in [2.75, 3.05) is 26.2 Å². The number of H-pyrrole nitrogens is 1. The first-order valence-electron chi connectivity index (χ1n) is 10.6. The maximum atomic E-state index is 12.7. The first kappa shape index (κ1) is 18.2. The zero-order chi connectivity index (χ0) is 20.0. The van der Waals surface area contributed by atoms with Crippen LogP contribution < -0.4 is 0 Å². The summed E-state index contributed by atoms with van der Waals surface area (Å²) in [5.41, 5.74) is 4.50. The third kappa shape index (κ3) is 3.28. The average Bonchev–Trinajstić information content (AvgIpc) is 3.49. The molecule has 2 amide bonds. The molecule has 3 aromatic rings. The van der Waals surface area contributed by atoms with Crippen LogP contribution in [0.15, 0.2) is 22.7 Å². The molecule has 5 rings (SSSR count). The van der Waals surface area contributed by atoms with Gasteiger partial charge in [-0.25, -0.2) is 4.79 Å². The third-order valence-electron chi connectivity index (χ3n) is 6.43. The van der Waals surface area contributed by atoms with Crippen molar-refractivity contribution in [1.29, 1.82) is 0 Å². The lowest BCUT2D eigenvalue weighted by molar-refractivity contribution is 0.142. The van der Waals surface area contributed by atoms with E-state index in [2.05, 4.69) is 36.1 Å². The van der Waals surface area contributed by atoms with Crippen LogP contribution in [0.1, 0.15) is 48.7 Å². The van der Waals surface area contributed by atoms with E-state index in [0.717, 1.165) is 56.4 Å². The van der Waals surface area contributed by atoms with Gasteiger partial charge in [0, 0.05) is 48.3 Å². The van der Waals surface area contributed by atoms with Crippen LogP contribution in [0.2, 0.25) is 0 Å². The van der Waals surface area contributed by atoms with Gasteiger partial charge in [-0.2, -0.15) is 4.98 Å². The molecule has 2 aromatic heterocycles. The van der Waals surface area contributed by atoms with Crippen LogP contribution in [0.5, 0.6) is 0 Å². The molecule has 0 aliphatic carbocycles. The van der Waals surface area contributed by atoms with Gasteiger partial charge in [-0.15, -0.1) is 0 Å². The Morgan fingerprint density at radius 2 is 1.93 bits per heavy atom. The molecule has 1 unspecified atom stereocenters. The molecule has 1 N–H and O–H groups in total. The van der Waals surface area contributed by atoms with Gasteiger partial charge < -0.3 is 19.3 Å². The molecule has 0 spiro atoms. The molecule has 2 saturated heterocycles. The summed E-state index contributed by atoms with van der Waals surface area (Å²) in [5, 5.41) is 5.43. The van der Waals surface area contributed by atoms with Crippen LogP contribution in [-0.4, -0.2) is 57.1 Å². The second kappa shape index (κ2) is 7.21. The van der Waals surface area contributed by atoms with Crippen LogP contribution in [0.3, 0.4) is 0 Å². The number of likely N-dealkylation sites (tertiary alicyclic amines) is 2. The van der Waals surface area contributed by atoms with Crippen molar-refractivity contribution in [2.24, 2.45) is 0 Å². The van der Waals surface area contributed by atoms with E-state index in [1.165, 1.54) is 16.6 Å². The molecule has 4 heterocycles. The quantitative estimate of drug-likeness (QED) is 0.707. The number of rotatable bonds is 2. The Morgan fingerprint density at radius 1 is 1.14 bits per heavy atom. The van der Waals surface area contributed by atoms with Crippen molar-refractivity contribution in [3.8, 4) is 11.4 Å². The zero-order valence-corrected chi connectivity index (χ0v) is 17.1. The number of amides is 2. The summed E-state index contributed by atoms with van der Waals surface area (Å²) >= 11 is 0. The monoisotopic (exact) mass is 393 g/mol. The zero-order valence-electron chi connectivity index (χ0n) is 17.1. The van der Waals surface area contributed by atoms with E-state index < -0.39 is 0 Å². The SMILES string of the molecule is Cc1[nH]c2ccc(-c3noc(C4CCCN(C(=O)N5CCCC5)C4)n3)cc2c1C. The minimum Gasteiger partial charge on any atom is -0.358 e. The standard InChI is InChI=1S/C22H27N5O2/c1-14-15(2)23-19-8-7-16(12-18(14)19)20-24-21(29-25-20)17-6-5-11-27(13-17)22(28)26-9-3-4-10-26/h7-8,12,17,23H,3-6,9-11,13H2,1-2H3. The van der Waals surface area contributed by atoms with Gasteiger partial charge in [0.15, 0.2) is 0 Å². The highest BCUT2D eigenvalue weighted by Crippen LogP contribution is 2.30. The second-order valence-corrected chi connectivity index (χ2v) is 8.35. The molecule has 152 valence electrons. The number of aryl methyl sites for hydroxylation is 2. The van der Waals surface area contributed by atoms with E-state index in [1.807, 2.05) is 15.9 Å². The van der Waals surface area contributed by atoms with Crippen LogP contribution in [0.4, 0.5) is 4.79 Å². The molecular weight excluding hydrogens is 366 g/mol. The highest BCUT2D eigenvalue weighted by Gasteiger charge is 2.31. The van der Waals surface area contributed by atoms with Crippen LogP contribution in [-0.2, 0) is 0 Å². The van der Waals surface area contributed by atoms with Crippen molar-refractivity contribution in [1.82, 2.24) is 24.9 Å². The molecule has 0 saturated carbocycles. The third-order valence-corrected chi connectivity index (χ3v) is 6.43. The van der Waals surface area contributed by atoms with Gasteiger partial charge in [-0.3, -0.25) is 0 Å². The van der Waals surface area contributed by atoms with E-state index in [4.69, 9.17) is 9.51 Å². The highest BCUT2D eigenvalue weighted by molar-refractivity contribution is 5.88. The molecule has 7 nitrogen and oxygen atoms in total. The summed E-state index contributed by atoms with van der Waals surface area (Å²) < 4.78 is 5.64. The lowest BCUT2D eigenvalue weighted by Crippen LogP contribution is -2.46. The molecule has 2 aliphatic rings. The van der Waals surface area contributed by atoms with Crippen molar-refractivity contribution >= 4 is 16.9 Å². The Labute approximate surface area is 170 Å². The number of aromatic amines is 1. The predicted molar refractivity (Wildman–Crippen MR) is 111 cm³/mol. The fourth-order valence-corrected chi connectivity index (χ4v) is 4.58. The van der Waals surface area contributed by atoms with Gasteiger partial charge in [-0.05, 0) is 63.3 Å². The molecule has 1 aromatic carbocycles. The van der Waals surface area contributed by atoms with Gasteiger partial charge in [0.25, 0.3) is 0 Å². The van der Waals surface area contributed by atoms with Crippen molar-refractivity contribution in [2.45, 2.75) is 45.4 Å². The van der Waals surface area contributed by atoms with E-state index in [0.29, 0.717) is 18.3 Å². The minimum atomic E-state index is 0.108. The Morgan fingerprint density at radius 3 is 2.76 bits per heavy atom. The van der Waals surface area contributed by atoms with Crippen LogP contribution in [0, 0.1) is 13.8 Å². The van der Waals surface area contributed by atoms with Crippen LogP contribution >= 0.6 is 0 Å². The lowest BCUT2D eigenvalue weighted by atomic mass is 9.98. The first-order valence-corrected chi connectivity index (χ1v) is 10.6. The molecule has 29 heavy (non-hydrogen) atoms. The second-order valence-electron chi connectivity index (χ2n) is 8.35. The number of piperidine rings is 1. The highest BCUT2D eigenvalue weighted by atomic mass is 16.5. The number of benzene rings is 1. The number of hydrogen-bond acceptors (Lipinski definition) is 4. The fraction of sp³-hybridized carbons (Fsp3) is 0.500. The predicted octanol–water partition coefficient (Wildman–Crippen LogP) is 4.23. The number of nitrogens with one attached hydrogen (secondary N) is 1. The fourth-order valence-electron chi connectivity index (χ4n) is 4.58. The van der Waals surface area contributed by atoms with E-state index >= 15 is 0 Å². The summed E-state index contributed by atoms with van der Waals surface area (Å²) in [7, 11) is 0. The maximum absolute atomic E-state index is 12.7. The Hall–Kier alpha value is -2.83. The normalized spacial score (nSPS) is 20.0. The number of carbonyl (C=O) groups excluding carboxylic acids is 1. The molecule has 0 radical (unpaired) electrons. The van der Waals surface area contributed by atoms with Crippen LogP contribution in [0.25, 0.3) is 22.3 Å². The molecule has 0 bridgehead atoms. The van der Waals surface area contributed by atoms with Gasteiger partial charge in [0.1, 0.15) is 0 Å². The van der Waals surface area contributed by atoms with E-state index in [1.54, 1.807) is 0 Å². The number of carbonyl (C=O) groups is 1.